The summed E-state index contributed by atoms with van der Waals surface area (Å²) < 4.78 is 0. The van der Waals surface area contributed by atoms with Crippen LogP contribution >= 0.6 is 0 Å². The molecule has 2 aliphatic rings. The molecule has 16 heavy (non-hydrogen) atoms. The SMILES string of the molecule is CNCc1cncc(N2CC3CCC2C3)n1. The van der Waals surface area contributed by atoms with E-state index in [1.54, 1.807) is 0 Å². The molecule has 0 spiro atoms. The van der Waals surface area contributed by atoms with Crippen molar-refractivity contribution >= 4 is 5.82 Å². The molecule has 4 nitrogen and oxygen atoms in total. The lowest BCUT2D eigenvalue weighted by molar-refractivity contribution is 0.549. The highest BCUT2D eigenvalue weighted by Crippen LogP contribution is 2.39. The topological polar surface area (TPSA) is 41.1 Å². The summed E-state index contributed by atoms with van der Waals surface area (Å²) in [4.78, 5) is 11.4. The molecular weight excluding hydrogens is 200 g/mol. The van der Waals surface area contributed by atoms with Crippen molar-refractivity contribution in [3.63, 3.8) is 0 Å². The maximum absolute atomic E-state index is 4.66. The summed E-state index contributed by atoms with van der Waals surface area (Å²) in [5.41, 5.74) is 1.03. The van der Waals surface area contributed by atoms with Crippen LogP contribution in [0.2, 0.25) is 0 Å². The lowest BCUT2D eigenvalue weighted by Crippen LogP contribution is -2.32. The molecule has 86 valence electrons. The summed E-state index contributed by atoms with van der Waals surface area (Å²) >= 11 is 0. The van der Waals surface area contributed by atoms with Crippen molar-refractivity contribution in [3.8, 4) is 0 Å². The van der Waals surface area contributed by atoms with Gasteiger partial charge >= 0.3 is 0 Å². The summed E-state index contributed by atoms with van der Waals surface area (Å²) in [6.45, 7) is 1.98. The zero-order valence-electron chi connectivity index (χ0n) is 9.69. The Kier molecular flexibility index (Phi) is 2.52. The third-order valence-corrected chi connectivity index (χ3v) is 3.73. The minimum atomic E-state index is 0.726. The summed E-state index contributed by atoms with van der Waals surface area (Å²) in [6.07, 6.45) is 7.85. The average Bonchev–Trinajstić information content (AvgIpc) is 2.91. The first-order chi connectivity index (χ1) is 7.86. The van der Waals surface area contributed by atoms with Gasteiger partial charge in [-0.1, -0.05) is 0 Å². The molecule has 1 aliphatic heterocycles. The van der Waals surface area contributed by atoms with Crippen LogP contribution in [0.15, 0.2) is 12.4 Å². The maximum atomic E-state index is 4.66. The van der Waals surface area contributed by atoms with E-state index in [0.717, 1.165) is 30.0 Å². The summed E-state index contributed by atoms with van der Waals surface area (Å²) in [5, 5.41) is 3.11. The van der Waals surface area contributed by atoms with E-state index in [9.17, 15) is 0 Å². The van der Waals surface area contributed by atoms with Gasteiger partial charge in [0.25, 0.3) is 0 Å². The highest BCUT2D eigenvalue weighted by atomic mass is 15.3. The van der Waals surface area contributed by atoms with Gasteiger partial charge in [-0.2, -0.15) is 0 Å². The average molecular weight is 218 g/mol. The fraction of sp³-hybridized carbons (Fsp3) is 0.667. The van der Waals surface area contributed by atoms with Gasteiger partial charge in [0.1, 0.15) is 5.82 Å². The Balaban J connectivity index is 1.81. The van der Waals surface area contributed by atoms with E-state index in [4.69, 9.17) is 0 Å². The minimum Gasteiger partial charge on any atom is -0.352 e. The molecule has 0 amide bonds. The van der Waals surface area contributed by atoms with Gasteiger partial charge in [0.2, 0.25) is 0 Å². The van der Waals surface area contributed by atoms with E-state index in [-0.39, 0.29) is 0 Å². The quantitative estimate of drug-likeness (QED) is 0.827. The van der Waals surface area contributed by atoms with Gasteiger partial charge in [0, 0.05) is 25.3 Å². The molecule has 1 aromatic rings. The zero-order valence-corrected chi connectivity index (χ0v) is 9.69. The molecule has 2 fully saturated rings. The van der Waals surface area contributed by atoms with Crippen LogP contribution in [-0.4, -0.2) is 29.6 Å². The molecule has 0 radical (unpaired) electrons. The number of nitrogens with one attached hydrogen (secondary N) is 1. The third kappa shape index (κ3) is 1.67. The van der Waals surface area contributed by atoms with Crippen LogP contribution in [0.5, 0.6) is 0 Å². The van der Waals surface area contributed by atoms with Crippen molar-refractivity contribution in [3.05, 3.63) is 18.1 Å². The standard InChI is InChI=1S/C12H18N4/c1-13-5-10-6-14-7-12(15-10)16-8-9-2-3-11(16)4-9/h6-7,9,11,13H,2-5,8H2,1H3. The molecule has 2 unspecified atom stereocenters. The number of hydrogen-bond donors (Lipinski definition) is 1. The van der Waals surface area contributed by atoms with Crippen LogP contribution in [0.3, 0.4) is 0 Å². The van der Waals surface area contributed by atoms with E-state index >= 15 is 0 Å². The van der Waals surface area contributed by atoms with Gasteiger partial charge in [-0.15, -0.1) is 0 Å². The van der Waals surface area contributed by atoms with Crippen molar-refractivity contribution in [1.29, 1.82) is 0 Å². The summed E-state index contributed by atoms with van der Waals surface area (Å²) in [6, 6.07) is 0.726. The van der Waals surface area contributed by atoms with Gasteiger partial charge in [0.05, 0.1) is 11.9 Å². The van der Waals surface area contributed by atoms with E-state index in [1.165, 1.54) is 25.8 Å². The molecule has 1 aliphatic carbocycles. The molecule has 1 saturated carbocycles. The van der Waals surface area contributed by atoms with E-state index in [2.05, 4.69) is 20.2 Å². The molecule has 1 N–H and O–H groups in total. The minimum absolute atomic E-state index is 0.726. The maximum Gasteiger partial charge on any atom is 0.147 e. The molecule has 4 heteroatoms. The van der Waals surface area contributed by atoms with Crippen molar-refractivity contribution in [2.45, 2.75) is 31.8 Å². The first-order valence-electron chi connectivity index (χ1n) is 6.09. The number of piperidine rings is 1. The van der Waals surface area contributed by atoms with E-state index in [0.29, 0.717) is 0 Å². The Labute approximate surface area is 96.1 Å². The second-order valence-electron chi connectivity index (χ2n) is 4.88. The Bertz CT molecular complexity index is 379. The number of fused-ring (bicyclic) bond motifs is 2. The largest absolute Gasteiger partial charge is 0.352 e. The number of anilines is 1. The molecule has 2 heterocycles. The molecule has 0 aromatic carbocycles. The van der Waals surface area contributed by atoms with Crippen LogP contribution in [-0.2, 0) is 6.54 Å². The Morgan fingerprint density at radius 1 is 1.44 bits per heavy atom. The van der Waals surface area contributed by atoms with Gasteiger partial charge < -0.3 is 10.2 Å². The molecular formula is C12H18N4. The lowest BCUT2D eigenvalue weighted by Gasteiger charge is -2.27. The highest BCUT2D eigenvalue weighted by molar-refractivity contribution is 5.40. The van der Waals surface area contributed by atoms with Crippen molar-refractivity contribution in [2.75, 3.05) is 18.5 Å². The van der Waals surface area contributed by atoms with Gasteiger partial charge in [-0.05, 0) is 32.2 Å². The Morgan fingerprint density at radius 2 is 2.38 bits per heavy atom. The van der Waals surface area contributed by atoms with Gasteiger partial charge in [-0.25, -0.2) is 4.98 Å². The molecule has 2 bridgehead atoms. The lowest BCUT2D eigenvalue weighted by atomic mass is 10.1. The number of aromatic nitrogens is 2. The number of hydrogen-bond acceptors (Lipinski definition) is 4. The van der Waals surface area contributed by atoms with Crippen molar-refractivity contribution in [1.82, 2.24) is 15.3 Å². The van der Waals surface area contributed by atoms with Gasteiger partial charge in [0.15, 0.2) is 0 Å². The molecule has 3 rings (SSSR count). The fourth-order valence-corrected chi connectivity index (χ4v) is 3.00. The first-order valence-corrected chi connectivity index (χ1v) is 6.09. The number of nitrogens with zero attached hydrogens (tertiary/aromatic N) is 3. The summed E-state index contributed by atoms with van der Waals surface area (Å²) in [7, 11) is 1.94. The monoisotopic (exact) mass is 218 g/mol. The van der Waals surface area contributed by atoms with Crippen LogP contribution in [0.25, 0.3) is 0 Å². The first kappa shape index (κ1) is 10.0. The molecule has 2 atom stereocenters. The fourth-order valence-electron chi connectivity index (χ4n) is 3.00. The van der Waals surface area contributed by atoms with Crippen molar-refractivity contribution in [2.24, 2.45) is 5.92 Å². The van der Waals surface area contributed by atoms with Crippen LogP contribution < -0.4 is 10.2 Å². The van der Waals surface area contributed by atoms with Crippen LogP contribution in [0.4, 0.5) is 5.82 Å². The Hall–Kier alpha value is -1.16. The Morgan fingerprint density at radius 3 is 3.06 bits per heavy atom. The predicted octanol–water partition coefficient (Wildman–Crippen LogP) is 1.18. The zero-order chi connectivity index (χ0) is 11.0. The van der Waals surface area contributed by atoms with Gasteiger partial charge in [-0.3, -0.25) is 4.98 Å². The second kappa shape index (κ2) is 4.01. The predicted molar refractivity (Wildman–Crippen MR) is 63.3 cm³/mol. The summed E-state index contributed by atoms with van der Waals surface area (Å²) in [5.74, 6) is 1.97. The van der Waals surface area contributed by atoms with Crippen molar-refractivity contribution < 1.29 is 0 Å². The smallest absolute Gasteiger partial charge is 0.147 e. The molecule has 1 aromatic heterocycles. The normalized spacial score (nSPS) is 27.7. The van der Waals surface area contributed by atoms with Crippen LogP contribution in [0, 0.1) is 5.92 Å². The number of rotatable bonds is 3. The van der Waals surface area contributed by atoms with E-state index < -0.39 is 0 Å². The molecule has 1 saturated heterocycles. The second-order valence-corrected chi connectivity index (χ2v) is 4.88. The third-order valence-electron chi connectivity index (χ3n) is 3.73. The highest BCUT2D eigenvalue weighted by Gasteiger charge is 2.38. The van der Waals surface area contributed by atoms with Crippen LogP contribution in [0.1, 0.15) is 25.0 Å². The van der Waals surface area contributed by atoms with E-state index in [1.807, 2.05) is 19.4 Å².